The third-order valence-corrected chi connectivity index (χ3v) is 7.23. The zero-order chi connectivity index (χ0) is 36.5. The highest BCUT2D eigenvalue weighted by Gasteiger charge is 2.42. The molecule has 0 bridgehead atoms. The molecule has 2 unspecified atom stereocenters. The third-order valence-electron chi connectivity index (χ3n) is 7.23. The molecule has 1 saturated carbocycles. The van der Waals surface area contributed by atoms with Gasteiger partial charge < -0.3 is 19.5 Å². The number of hydrogen-bond donors (Lipinski definition) is 2. The van der Waals surface area contributed by atoms with Crippen LogP contribution in [0.3, 0.4) is 0 Å². The topological polar surface area (TPSA) is 173 Å². The average molecular weight is 673 g/mol. The van der Waals surface area contributed by atoms with Crippen LogP contribution in [-0.4, -0.2) is 51.0 Å². The molecule has 1 fully saturated rings. The first kappa shape index (κ1) is 36.6. The number of nitrogens with zero attached hydrogens (tertiary/aromatic N) is 4. The summed E-state index contributed by atoms with van der Waals surface area (Å²) in [7, 11) is 0. The molecule has 13 nitrogen and oxygen atoms in total. The number of nitrogens with one attached hydrogen (secondary N) is 2. The molecule has 2 N–H and O–H groups in total. The Morgan fingerprint density at radius 3 is 2.06 bits per heavy atom. The predicted molar refractivity (Wildman–Crippen MR) is 185 cm³/mol. The van der Waals surface area contributed by atoms with E-state index in [1.54, 1.807) is 87.6 Å². The highest BCUT2D eigenvalue weighted by atomic mass is 16.6. The van der Waals surface area contributed by atoms with Gasteiger partial charge in [0, 0.05) is 35.7 Å². The van der Waals surface area contributed by atoms with E-state index in [0.29, 0.717) is 51.8 Å². The van der Waals surface area contributed by atoms with Crippen LogP contribution in [0.4, 0.5) is 31.6 Å². The number of imide groups is 1. The van der Waals surface area contributed by atoms with E-state index in [2.05, 4.69) is 26.7 Å². The predicted octanol–water partition coefficient (Wildman–Crippen LogP) is 8.12. The number of pyridine rings is 2. The number of carbonyl (C=O) groups is 4. The molecule has 1 aliphatic rings. The van der Waals surface area contributed by atoms with Gasteiger partial charge in [0.2, 0.25) is 5.91 Å². The molecule has 3 aromatic rings. The Kier molecular flexibility index (Phi) is 10.2. The fraction of sp³-hybridized carbons (Fsp3) is 0.472. The molecule has 1 aromatic carbocycles. The maximum atomic E-state index is 13.4. The largest absolute Gasteiger partial charge is 0.444 e. The van der Waals surface area contributed by atoms with Gasteiger partial charge in [0.15, 0.2) is 0 Å². The van der Waals surface area contributed by atoms with Crippen LogP contribution < -0.4 is 15.5 Å². The average Bonchev–Trinajstić information content (AvgIpc) is 3.70. The lowest BCUT2D eigenvalue weighted by molar-refractivity contribution is -0.117. The van der Waals surface area contributed by atoms with Crippen LogP contribution in [0.2, 0.25) is 0 Å². The van der Waals surface area contributed by atoms with Crippen molar-refractivity contribution in [2.24, 2.45) is 11.8 Å². The number of aromatic nitrogens is 2. The Morgan fingerprint density at radius 1 is 0.878 bits per heavy atom. The first-order valence-corrected chi connectivity index (χ1v) is 16.0. The maximum absolute atomic E-state index is 13.4. The van der Waals surface area contributed by atoms with Crippen molar-refractivity contribution < 1.29 is 33.4 Å². The molecule has 0 spiro atoms. The van der Waals surface area contributed by atoms with Crippen molar-refractivity contribution in [2.45, 2.75) is 98.9 Å². The van der Waals surface area contributed by atoms with Gasteiger partial charge in [0.1, 0.15) is 22.6 Å². The van der Waals surface area contributed by atoms with Crippen LogP contribution in [0.5, 0.6) is 0 Å². The smallest absolute Gasteiger partial charge is 0.424 e. The number of ether oxygens (including phenoxy) is 3. The van der Waals surface area contributed by atoms with E-state index < -0.39 is 35.1 Å². The van der Waals surface area contributed by atoms with Crippen molar-refractivity contribution in [2.75, 3.05) is 15.5 Å². The number of fused-ring (bicyclic) bond motifs is 1. The summed E-state index contributed by atoms with van der Waals surface area (Å²) in [6, 6.07) is 7.32. The van der Waals surface area contributed by atoms with Crippen LogP contribution in [0, 0.1) is 30.1 Å². The number of anilines is 3. The molecule has 4 rings (SSSR count). The van der Waals surface area contributed by atoms with E-state index in [9.17, 15) is 19.2 Å². The van der Waals surface area contributed by atoms with Gasteiger partial charge in [0.05, 0.1) is 23.6 Å². The fourth-order valence-electron chi connectivity index (χ4n) is 5.05. The molecule has 2 aromatic heterocycles. The Labute approximate surface area is 286 Å². The number of carbonyl (C=O) groups excluding carboxylic acids is 4. The number of hydrogen-bond acceptors (Lipinski definition) is 10. The standard InChI is InChI=1S/C36H44N6O7/c1-20-25(17-38-19-28(20)42(32(45)48-35(5,6)7)33(46)49-36(8,9)10)22-13-23-16-29(41-30(43)24-14-21(24)11-12-37)39-18-26(23)27(15-22)40-31(44)47-34(2,3)4/h13,15-19,21,24H,11,14H2,1-10H3,(H,40,44)(H,39,41,43). The normalized spacial score (nSPS) is 15.9. The lowest BCUT2D eigenvalue weighted by Crippen LogP contribution is -2.44. The van der Waals surface area contributed by atoms with Gasteiger partial charge in [0.25, 0.3) is 0 Å². The monoisotopic (exact) mass is 672 g/mol. The fourth-order valence-corrected chi connectivity index (χ4v) is 5.05. The zero-order valence-corrected chi connectivity index (χ0v) is 29.7. The van der Waals surface area contributed by atoms with E-state index in [-0.39, 0.29) is 23.4 Å². The summed E-state index contributed by atoms with van der Waals surface area (Å²) < 4.78 is 16.7. The first-order valence-electron chi connectivity index (χ1n) is 16.0. The Balaban J connectivity index is 1.82. The van der Waals surface area contributed by atoms with E-state index in [0.717, 1.165) is 4.90 Å². The number of rotatable bonds is 6. The summed E-state index contributed by atoms with van der Waals surface area (Å²) in [5.74, 6) is -0.134. The quantitative estimate of drug-likeness (QED) is 0.243. The minimum atomic E-state index is -0.936. The molecule has 13 heteroatoms. The van der Waals surface area contributed by atoms with Gasteiger partial charge >= 0.3 is 18.3 Å². The molecule has 0 saturated heterocycles. The lowest BCUT2D eigenvalue weighted by Gasteiger charge is -2.29. The molecule has 0 radical (unpaired) electrons. The Bertz CT molecular complexity index is 1800. The van der Waals surface area contributed by atoms with Crippen molar-refractivity contribution in [1.29, 1.82) is 5.26 Å². The van der Waals surface area contributed by atoms with Gasteiger partial charge in [-0.2, -0.15) is 10.2 Å². The van der Waals surface area contributed by atoms with Gasteiger partial charge in [-0.3, -0.25) is 15.1 Å². The third kappa shape index (κ3) is 9.65. The summed E-state index contributed by atoms with van der Waals surface area (Å²) in [4.78, 5) is 62.2. The number of benzene rings is 1. The van der Waals surface area contributed by atoms with Crippen LogP contribution >= 0.6 is 0 Å². The summed E-state index contributed by atoms with van der Waals surface area (Å²) >= 11 is 0. The van der Waals surface area contributed by atoms with E-state index in [4.69, 9.17) is 19.5 Å². The number of nitriles is 1. The van der Waals surface area contributed by atoms with Crippen LogP contribution in [0.1, 0.15) is 80.7 Å². The minimum Gasteiger partial charge on any atom is -0.444 e. The van der Waals surface area contributed by atoms with Crippen LogP contribution in [-0.2, 0) is 19.0 Å². The SMILES string of the molecule is Cc1c(-c2cc(NC(=O)OC(C)(C)C)c3cnc(NC(=O)C4CC4CC#N)cc3c2)cncc1N(C(=O)OC(C)(C)C)C(=O)OC(C)(C)C. The molecule has 49 heavy (non-hydrogen) atoms. The maximum Gasteiger partial charge on any atom is 0.424 e. The molecule has 1 aliphatic carbocycles. The van der Waals surface area contributed by atoms with Gasteiger partial charge in [-0.05, 0) is 116 Å². The summed E-state index contributed by atoms with van der Waals surface area (Å²) in [5.41, 5.74) is -0.481. The molecule has 260 valence electrons. The lowest BCUT2D eigenvalue weighted by atomic mass is 9.97. The van der Waals surface area contributed by atoms with Gasteiger partial charge in [-0.1, -0.05) is 0 Å². The molecule has 2 heterocycles. The molecule has 0 aliphatic heterocycles. The van der Waals surface area contributed by atoms with E-state index in [1.807, 2.05) is 6.07 Å². The summed E-state index contributed by atoms with van der Waals surface area (Å²) in [6.45, 7) is 17.1. The van der Waals surface area contributed by atoms with Gasteiger partial charge in [-0.15, -0.1) is 0 Å². The van der Waals surface area contributed by atoms with Crippen molar-refractivity contribution in [3.8, 4) is 17.2 Å². The first-order chi connectivity index (χ1) is 22.7. The van der Waals surface area contributed by atoms with Crippen molar-refractivity contribution in [3.63, 3.8) is 0 Å². The second-order valence-electron chi connectivity index (χ2n) is 15.0. The highest BCUT2D eigenvalue weighted by molar-refractivity contribution is 6.11. The second kappa shape index (κ2) is 13.7. The van der Waals surface area contributed by atoms with Crippen molar-refractivity contribution in [3.05, 3.63) is 42.4 Å². The summed E-state index contributed by atoms with van der Waals surface area (Å²) in [6.07, 6.45) is 2.89. The summed E-state index contributed by atoms with van der Waals surface area (Å²) in [5, 5.41) is 15.8. The molecular weight excluding hydrogens is 628 g/mol. The minimum absolute atomic E-state index is 0.0327. The van der Waals surface area contributed by atoms with Crippen LogP contribution in [0.15, 0.2) is 36.8 Å². The van der Waals surface area contributed by atoms with E-state index in [1.165, 1.54) is 12.4 Å². The highest BCUT2D eigenvalue weighted by Crippen LogP contribution is 2.42. The van der Waals surface area contributed by atoms with Crippen LogP contribution in [0.25, 0.3) is 21.9 Å². The second-order valence-corrected chi connectivity index (χ2v) is 15.0. The van der Waals surface area contributed by atoms with E-state index >= 15 is 0 Å². The molecule has 4 amide bonds. The van der Waals surface area contributed by atoms with Crippen molar-refractivity contribution in [1.82, 2.24) is 9.97 Å². The number of amides is 4. The Morgan fingerprint density at radius 2 is 1.49 bits per heavy atom. The molecular formula is C36H44N6O7. The van der Waals surface area contributed by atoms with Gasteiger partial charge in [-0.25, -0.2) is 19.4 Å². The zero-order valence-electron chi connectivity index (χ0n) is 29.7. The van der Waals surface area contributed by atoms with Crippen molar-refractivity contribution >= 4 is 52.2 Å². The Hall–Kier alpha value is -5.25. The molecule has 2 atom stereocenters.